The summed E-state index contributed by atoms with van der Waals surface area (Å²) in [6, 6.07) is 10.2. The number of aliphatic hydroxyl groups excluding tert-OH is 1. The van der Waals surface area contributed by atoms with E-state index in [9.17, 15) is 5.11 Å². The molecule has 21 heavy (non-hydrogen) atoms. The van der Waals surface area contributed by atoms with Crippen molar-refractivity contribution in [2.75, 3.05) is 19.6 Å². The highest BCUT2D eigenvalue weighted by Crippen LogP contribution is 2.22. The average molecular weight is 304 g/mol. The Kier molecular flexibility index (Phi) is 6.36. The summed E-state index contributed by atoms with van der Waals surface area (Å²) in [5.74, 6) is 0. The molecule has 1 unspecified atom stereocenters. The fourth-order valence-electron chi connectivity index (χ4n) is 2.32. The molecule has 1 atom stereocenters. The Labute approximate surface area is 131 Å². The van der Waals surface area contributed by atoms with Crippen molar-refractivity contribution in [1.82, 2.24) is 9.88 Å². The van der Waals surface area contributed by atoms with Gasteiger partial charge in [-0.05, 0) is 19.5 Å². The lowest BCUT2D eigenvalue weighted by Crippen LogP contribution is -2.27. The maximum atomic E-state index is 10.2. The molecule has 2 rings (SSSR count). The van der Waals surface area contributed by atoms with Crippen molar-refractivity contribution in [3.63, 3.8) is 0 Å². The van der Waals surface area contributed by atoms with Crippen LogP contribution in [0.3, 0.4) is 0 Å². The molecule has 0 radical (unpaired) electrons. The summed E-state index contributed by atoms with van der Waals surface area (Å²) >= 11 is 1.63. The minimum atomic E-state index is -0.305. The van der Waals surface area contributed by atoms with Crippen LogP contribution >= 0.6 is 11.3 Å². The lowest BCUT2D eigenvalue weighted by molar-refractivity contribution is 0.143. The summed E-state index contributed by atoms with van der Waals surface area (Å²) in [7, 11) is 0. The van der Waals surface area contributed by atoms with E-state index in [1.807, 2.05) is 18.2 Å². The zero-order valence-corrected chi connectivity index (χ0v) is 13.6. The molecule has 0 saturated carbocycles. The van der Waals surface area contributed by atoms with Crippen molar-refractivity contribution >= 4 is 11.3 Å². The van der Waals surface area contributed by atoms with Crippen molar-refractivity contribution in [3.05, 3.63) is 40.7 Å². The Balaban J connectivity index is 1.87. The molecule has 0 aliphatic heterocycles. The lowest BCUT2D eigenvalue weighted by atomic mass is 10.1. The summed E-state index contributed by atoms with van der Waals surface area (Å²) in [5, 5.41) is 13.2. The second-order valence-corrected chi connectivity index (χ2v) is 6.11. The monoisotopic (exact) mass is 304 g/mol. The summed E-state index contributed by atoms with van der Waals surface area (Å²) < 4.78 is 0. The van der Waals surface area contributed by atoms with Gasteiger partial charge in [-0.15, -0.1) is 11.3 Å². The molecule has 3 nitrogen and oxygen atoms in total. The number of hydrogen-bond acceptors (Lipinski definition) is 4. The van der Waals surface area contributed by atoms with Gasteiger partial charge in [0, 0.05) is 23.9 Å². The number of nitrogens with zero attached hydrogens (tertiary/aromatic N) is 2. The Morgan fingerprint density at radius 2 is 1.90 bits per heavy atom. The summed E-state index contributed by atoms with van der Waals surface area (Å²) in [4.78, 5) is 6.97. The minimum Gasteiger partial charge on any atom is -0.393 e. The number of thiazole rings is 1. The van der Waals surface area contributed by atoms with Gasteiger partial charge < -0.3 is 10.0 Å². The van der Waals surface area contributed by atoms with E-state index in [0.29, 0.717) is 6.42 Å². The Bertz CT molecular complexity index is 523. The van der Waals surface area contributed by atoms with E-state index in [0.717, 1.165) is 42.3 Å². The normalized spacial score (nSPS) is 12.8. The number of rotatable bonds is 8. The van der Waals surface area contributed by atoms with Crippen molar-refractivity contribution in [3.8, 4) is 11.3 Å². The molecule has 1 aromatic heterocycles. The van der Waals surface area contributed by atoms with Gasteiger partial charge in [0.1, 0.15) is 0 Å². The molecule has 0 aliphatic carbocycles. The highest BCUT2D eigenvalue weighted by atomic mass is 32.1. The van der Waals surface area contributed by atoms with E-state index in [1.165, 1.54) is 0 Å². The van der Waals surface area contributed by atoms with E-state index in [4.69, 9.17) is 0 Å². The zero-order valence-electron chi connectivity index (χ0n) is 12.8. The lowest BCUT2D eigenvalue weighted by Gasteiger charge is -2.19. The molecule has 1 N–H and O–H groups in total. The molecule has 0 aliphatic rings. The molecule has 0 bridgehead atoms. The number of aromatic nitrogens is 1. The highest BCUT2D eigenvalue weighted by Gasteiger charge is 2.11. The van der Waals surface area contributed by atoms with Crippen LogP contribution in [0, 0.1) is 0 Å². The van der Waals surface area contributed by atoms with Crippen LogP contribution in [0.2, 0.25) is 0 Å². The SMILES string of the molecule is CCN(CC)CCC(O)Cc1nc(-c2ccccc2)cs1. The topological polar surface area (TPSA) is 36.4 Å². The maximum absolute atomic E-state index is 10.2. The smallest absolute Gasteiger partial charge is 0.0958 e. The van der Waals surface area contributed by atoms with Gasteiger partial charge in [-0.2, -0.15) is 0 Å². The Morgan fingerprint density at radius 3 is 2.57 bits per heavy atom. The number of hydrogen-bond donors (Lipinski definition) is 1. The first kappa shape index (κ1) is 16.1. The zero-order chi connectivity index (χ0) is 15.1. The van der Waals surface area contributed by atoms with E-state index in [2.05, 4.69) is 41.2 Å². The molecule has 114 valence electrons. The van der Waals surface area contributed by atoms with E-state index < -0.39 is 0 Å². The predicted octanol–water partition coefficient (Wildman–Crippen LogP) is 3.45. The quantitative estimate of drug-likeness (QED) is 0.811. The van der Waals surface area contributed by atoms with Crippen molar-refractivity contribution < 1.29 is 5.11 Å². The van der Waals surface area contributed by atoms with E-state index in [-0.39, 0.29) is 6.10 Å². The van der Waals surface area contributed by atoms with Crippen LogP contribution in [0.1, 0.15) is 25.3 Å². The van der Waals surface area contributed by atoms with Gasteiger partial charge in [-0.25, -0.2) is 4.98 Å². The largest absolute Gasteiger partial charge is 0.393 e. The predicted molar refractivity (Wildman–Crippen MR) is 89.7 cm³/mol. The van der Waals surface area contributed by atoms with Gasteiger partial charge in [0.15, 0.2) is 0 Å². The molecule has 1 heterocycles. The van der Waals surface area contributed by atoms with Crippen molar-refractivity contribution in [2.45, 2.75) is 32.8 Å². The molecule has 2 aromatic rings. The molecule has 0 amide bonds. The van der Waals surface area contributed by atoms with Crippen LogP contribution in [0.15, 0.2) is 35.7 Å². The van der Waals surface area contributed by atoms with Crippen LogP contribution < -0.4 is 0 Å². The van der Waals surface area contributed by atoms with Gasteiger partial charge in [-0.1, -0.05) is 44.2 Å². The maximum Gasteiger partial charge on any atom is 0.0958 e. The second-order valence-electron chi connectivity index (χ2n) is 5.17. The summed E-state index contributed by atoms with van der Waals surface area (Å²) in [5.41, 5.74) is 2.14. The molecule has 0 fully saturated rings. The fraction of sp³-hybridized carbons (Fsp3) is 0.471. The van der Waals surface area contributed by atoms with Gasteiger partial charge in [-0.3, -0.25) is 0 Å². The summed E-state index contributed by atoms with van der Waals surface area (Å²) in [6.45, 7) is 7.34. The van der Waals surface area contributed by atoms with Crippen molar-refractivity contribution in [1.29, 1.82) is 0 Å². The molecule has 4 heteroatoms. The Morgan fingerprint density at radius 1 is 1.19 bits per heavy atom. The third-order valence-electron chi connectivity index (χ3n) is 3.70. The average Bonchev–Trinajstić information content (AvgIpc) is 2.97. The Hall–Kier alpha value is -1.23. The minimum absolute atomic E-state index is 0.305. The number of benzene rings is 1. The first-order valence-corrected chi connectivity index (χ1v) is 8.51. The van der Waals surface area contributed by atoms with Gasteiger partial charge in [0.05, 0.1) is 16.8 Å². The first-order chi connectivity index (χ1) is 10.2. The van der Waals surface area contributed by atoms with Crippen LogP contribution in [-0.2, 0) is 6.42 Å². The van der Waals surface area contributed by atoms with Gasteiger partial charge >= 0.3 is 0 Å². The third kappa shape index (κ3) is 4.92. The van der Waals surface area contributed by atoms with E-state index >= 15 is 0 Å². The third-order valence-corrected chi connectivity index (χ3v) is 4.58. The first-order valence-electron chi connectivity index (χ1n) is 7.63. The van der Waals surface area contributed by atoms with Crippen molar-refractivity contribution in [2.24, 2.45) is 0 Å². The van der Waals surface area contributed by atoms with Crippen LogP contribution in [0.5, 0.6) is 0 Å². The highest BCUT2D eigenvalue weighted by molar-refractivity contribution is 7.09. The molecule has 1 aromatic carbocycles. The van der Waals surface area contributed by atoms with E-state index in [1.54, 1.807) is 11.3 Å². The number of aliphatic hydroxyl groups is 1. The molecular weight excluding hydrogens is 280 g/mol. The summed E-state index contributed by atoms with van der Waals surface area (Å²) in [6.07, 6.45) is 1.15. The molecular formula is C17H24N2OS. The molecule has 0 spiro atoms. The fourth-order valence-corrected chi connectivity index (χ4v) is 3.20. The second kappa shape index (κ2) is 8.27. The van der Waals surface area contributed by atoms with Crippen LogP contribution in [0.4, 0.5) is 0 Å². The van der Waals surface area contributed by atoms with Crippen LogP contribution in [-0.4, -0.2) is 40.7 Å². The standard InChI is InChI=1S/C17H24N2OS/c1-3-19(4-2)11-10-15(20)12-17-18-16(13-21-17)14-8-6-5-7-9-14/h5-9,13,15,20H,3-4,10-12H2,1-2H3. The molecule has 0 saturated heterocycles. The van der Waals surface area contributed by atoms with Crippen LogP contribution in [0.25, 0.3) is 11.3 Å². The van der Waals surface area contributed by atoms with Gasteiger partial charge in [0.2, 0.25) is 0 Å². The van der Waals surface area contributed by atoms with Gasteiger partial charge in [0.25, 0.3) is 0 Å².